The van der Waals surface area contributed by atoms with Crippen molar-refractivity contribution in [1.82, 2.24) is 20.2 Å². The second kappa shape index (κ2) is 12.7. The number of methoxy groups -OCH3 is 1. The number of amides is 1. The number of ether oxygens (including phenoxy) is 1. The van der Waals surface area contributed by atoms with Crippen LogP contribution in [0.2, 0.25) is 0 Å². The average Bonchev–Trinajstić information content (AvgIpc) is 3.33. The van der Waals surface area contributed by atoms with Crippen molar-refractivity contribution >= 4 is 11.7 Å². The van der Waals surface area contributed by atoms with Gasteiger partial charge >= 0.3 is 0 Å². The summed E-state index contributed by atoms with van der Waals surface area (Å²) >= 11 is 0. The van der Waals surface area contributed by atoms with E-state index in [4.69, 9.17) is 4.74 Å². The molecule has 0 saturated carbocycles. The molecule has 2 atom stereocenters. The van der Waals surface area contributed by atoms with Gasteiger partial charge in [-0.1, -0.05) is 25.0 Å². The molecule has 1 saturated heterocycles. The molecule has 2 heterocycles. The first-order valence-electron chi connectivity index (χ1n) is 12.6. The summed E-state index contributed by atoms with van der Waals surface area (Å²) in [4.78, 5) is 35.0. The number of carbonyl (C=O) groups excluding carboxylic acids is 2. The van der Waals surface area contributed by atoms with Crippen LogP contribution in [-0.2, 0) is 9.59 Å². The minimum Gasteiger partial charge on any atom is -0.497 e. The number of benzene rings is 1. The summed E-state index contributed by atoms with van der Waals surface area (Å²) in [6, 6.07) is 8.11. The number of aromatic nitrogens is 2. The van der Waals surface area contributed by atoms with Gasteiger partial charge in [0.05, 0.1) is 31.0 Å². The van der Waals surface area contributed by atoms with Gasteiger partial charge in [-0.2, -0.15) is 0 Å². The van der Waals surface area contributed by atoms with E-state index in [2.05, 4.69) is 34.0 Å². The number of Topliss-reactive ketones (excluding diaryl/α,β-unsaturated/α-hetero) is 1. The van der Waals surface area contributed by atoms with Crippen LogP contribution in [0.15, 0.2) is 30.5 Å². The van der Waals surface area contributed by atoms with Crippen molar-refractivity contribution in [2.24, 2.45) is 5.92 Å². The zero-order chi connectivity index (χ0) is 24.5. The van der Waals surface area contributed by atoms with Gasteiger partial charge in [-0.05, 0) is 65.1 Å². The number of nitrogens with one attached hydrogen (secondary N) is 2. The smallest absolute Gasteiger partial charge is 0.224 e. The van der Waals surface area contributed by atoms with Crippen LogP contribution in [0.25, 0.3) is 11.3 Å². The third-order valence-electron chi connectivity index (χ3n) is 6.70. The SMILES string of the molecule is COc1cccc(-c2cnc([C@H](CCCCCC(C)=O)NC(=O)[C@H]3CCCN(C(C)C)C3)[nH]2)c1. The van der Waals surface area contributed by atoms with Crippen molar-refractivity contribution in [1.29, 1.82) is 0 Å². The molecule has 0 bridgehead atoms. The van der Waals surface area contributed by atoms with E-state index in [0.29, 0.717) is 12.5 Å². The Morgan fingerprint density at radius 1 is 1.26 bits per heavy atom. The monoisotopic (exact) mass is 468 g/mol. The molecule has 1 aromatic heterocycles. The van der Waals surface area contributed by atoms with Gasteiger partial charge in [0.15, 0.2) is 0 Å². The average molecular weight is 469 g/mol. The number of carbonyl (C=O) groups is 2. The summed E-state index contributed by atoms with van der Waals surface area (Å²) in [6.07, 6.45) is 7.96. The van der Waals surface area contributed by atoms with Crippen LogP contribution in [0.4, 0.5) is 0 Å². The molecule has 1 amide bonds. The van der Waals surface area contributed by atoms with Crippen LogP contribution in [0.3, 0.4) is 0 Å². The van der Waals surface area contributed by atoms with Gasteiger partial charge in [-0.15, -0.1) is 0 Å². The van der Waals surface area contributed by atoms with E-state index < -0.39 is 0 Å². The molecular weight excluding hydrogens is 428 g/mol. The quantitative estimate of drug-likeness (QED) is 0.433. The Balaban J connectivity index is 1.71. The zero-order valence-electron chi connectivity index (χ0n) is 21.1. The molecule has 1 aliphatic rings. The van der Waals surface area contributed by atoms with Crippen LogP contribution in [0.5, 0.6) is 5.75 Å². The summed E-state index contributed by atoms with van der Waals surface area (Å²) in [5.74, 6) is 1.90. The van der Waals surface area contributed by atoms with Crippen LogP contribution in [0, 0.1) is 5.92 Å². The third-order valence-corrected chi connectivity index (χ3v) is 6.70. The van der Waals surface area contributed by atoms with Crippen LogP contribution in [0.1, 0.15) is 77.6 Å². The van der Waals surface area contributed by atoms with Gasteiger partial charge in [0.1, 0.15) is 17.4 Å². The Morgan fingerprint density at radius 3 is 2.82 bits per heavy atom. The standard InChI is InChI=1S/C27H40N4O3/c1-19(2)31-15-9-12-22(18-31)27(33)30-24(14-7-5-6-10-20(3)32)26-28-17-25(29-26)21-11-8-13-23(16-21)34-4/h8,11,13,16-17,19,22,24H,5-7,9-10,12,14-15,18H2,1-4H3,(H,28,29)(H,30,33)/t22-,24-/m0/s1. The molecule has 1 aliphatic heterocycles. The summed E-state index contributed by atoms with van der Waals surface area (Å²) in [5.41, 5.74) is 1.89. The highest BCUT2D eigenvalue weighted by Crippen LogP contribution is 2.26. The topological polar surface area (TPSA) is 87.3 Å². The highest BCUT2D eigenvalue weighted by molar-refractivity contribution is 5.79. The fourth-order valence-electron chi connectivity index (χ4n) is 4.61. The molecule has 3 rings (SSSR count). The molecule has 1 aromatic carbocycles. The third kappa shape index (κ3) is 7.42. The van der Waals surface area contributed by atoms with Crippen molar-refractivity contribution in [3.05, 3.63) is 36.3 Å². The number of imidazole rings is 1. The number of hydrogen-bond donors (Lipinski definition) is 2. The Bertz CT molecular complexity index is 939. The van der Waals surface area contributed by atoms with E-state index >= 15 is 0 Å². The summed E-state index contributed by atoms with van der Waals surface area (Å²) in [5, 5.41) is 3.30. The number of nitrogens with zero attached hydrogens (tertiary/aromatic N) is 2. The summed E-state index contributed by atoms with van der Waals surface area (Å²) < 4.78 is 5.35. The van der Waals surface area contributed by atoms with Gasteiger partial charge in [0.25, 0.3) is 0 Å². The van der Waals surface area contributed by atoms with Crippen molar-refractivity contribution < 1.29 is 14.3 Å². The predicted octanol–water partition coefficient (Wildman–Crippen LogP) is 4.90. The molecule has 2 N–H and O–H groups in total. The van der Waals surface area contributed by atoms with E-state index in [1.807, 2.05) is 30.5 Å². The first-order chi connectivity index (χ1) is 16.4. The second-order valence-corrected chi connectivity index (χ2v) is 9.70. The first kappa shape index (κ1) is 25.9. The number of aromatic amines is 1. The highest BCUT2D eigenvalue weighted by Gasteiger charge is 2.29. The van der Waals surface area contributed by atoms with Crippen molar-refractivity contribution in [3.8, 4) is 17.0 Å². The zero-order valence-corrected chi connectivity index (χ0v) is 21.1. The minimum atomic E-state index is -0.182. The Morgan fingerprint density at radius 2 is 2.09 bits per heavy atom. The van der Waals surface area contributed by atoms with E-state index in [1.54, 1.807) is 14.0 Å². The Kier molecular flexibility index (Phi) is 9.69. The summed E-state index contributed by atoms with van der Waals surface area (Å²) in [7, 11) is 1.65. The molecule has 186 valence electrons. The number of piperidine rings is 1. The Labute approximate surface area is 203 Å². The lowest BCUT2D eigenvalue weighted by molar-refractivity contribution is -0.127. The molecule has 1 fully saturated rings. The molecule has 7 heteroatoms. The maximum Gasteiger partial charge on any atom is 0.224 e. The number of ketones is 1. The molecule has 2 aromatic rings. The van der Waals surface area contributed by atoms with Gasteiger partial charge in [0, 0.05) is 24.6 Å². The molecule has 0 unspecified atom stereocenters. The Hall–Kier alpha value is -2.67. The number of rotatable bonds is 12. The lowest BCUT2D eigenvalue weighted by atomic mass is 9.95. The van der Waals surface area contributed by atoms with Gasteiger partial charge in [-0.25, -0.2) is 4.98 Å². The molecule has 34 heavy (non-hydrogen) atoms. The van der Waals surface area contributed by atoms with Crippen LogP contribution < -0.4 is 10.1 Å². The van der Waals surface area contributed by atoms with E-state index in [1.165, 1.54) is 0 Å². The number of unbranched alkanes of at least 4 members (excludes halogenated alkanes) is 2. The van der Waals surface area contributed by atoms with Crippen LogP contribution >= 0.6 is 0 Å². The largest absolute Gasteiger partial charge is 0.497 e. The maximum atomic E-state index is 13.2. The van der Waals surface area contributed by atoms with E-state index in [0.717, 1.165) is 74.4 Å². The van der Waals surface area contributed by atoms with Crippen molar-refractivity contribution in [3.63, 3.8) is 0 Å². The molecule has 0 spiro atoms. The second-order valence-electron chi connectivity index (χ2n) is 9.70. The van der Waals surface area contributed by atoms with E-state index in [-0.39, 0.29) is 23.7 Å². The molecule has 0 aliphatic carbocycles. The highest BCUT2D eigenvalue weighted by atomic mass is 16.5. The maximum absolute atomic E-state index is 13.2. The molecule has 0 radical (unpaired) electrons. The lowest BCUT2D eigenvalue weighted by Gasteiger charge is -2.35. The minimum absolute atomic E-state index is 0.00387. The molecule has 7 nitrogen and oxygen atoms in total. The van der Waals surface area contributed by atoms with Crippen LogP contribution in [-0.4, -0.2) is 52.8 Å². The van der Waals surface area contributed by atoms with Gasteiger partial charge < -0.3 is 24.7 Å². The fraction of sp³-hybridized carbons (Fsp3) is 0.593. The number of likely N-dealkylation sites (tertiary alicyclic amines) is 1. The van der Waals surface area contributed by atoms with E-state index in [9.17, 15) is 9.59 Å². The van der Waals surface area contributed by atoms with Crippen molar-refractivity contribution in [2.75, 3.05) is 20.2 Å². The predicted molar refractivity (Wildman–Crippen MR) is 135 cm³/mol. The van der Waals surface area contributed by atoms with Gasteiger partial charge in [-0.3, -0.25) is 4.79 Å². The molecular formula is C27H40N4O3. The summed E-state index contributed by atoms with van der Waals surface area (Å²) in [6.45, 7) is 7.88. The van der Waals surface area contributed by atoms with Crippen molar-refractivity contribution in [2.45, 2.75) is 77.8 Å². The fourth-order valence-corrected chi connectivity index (χ4v) is 4.61. The van der Waals surface area contributed by atoms with Gasteiger partial charge in [0.2, 0.25) is 5.91 Å². The number of H-pyrrole nitrogens is 1. The lowest BCUT2D eigenvalue weighted by Crippen LogP contribution is -2.46. The normalized spacial score (nSPS) is 17.5. The first-order valence-corrected chi connectivity index (χ1v) is 12.6. The number of hydrogen-bond acceptors (Lipinski definition) is 5.